The van der Waals surface area contributed by atoms with Gasteiger partial charge in [0.2, 0.25) is 5.82 Å². The number of imidazole rings is 1. The van der Waals surface area contributed by atoms with Crippen molar-refractivity contribution >= 4 is 17.4 Å². The van der Waals surface area contributed by atoms with Gasteiger partial charge in [0.1, 0.15) is 12.0 Å². The van der Waals surface area contributed by atoms with Crippen molar-refractivity contribution in [3.05, 3.63) is 28.4 Å². The average molecular weight is 342 g/mol. The van der Waals surface area contributed by atoms with E-state index in [1.807, 2.05) is 12.1 Å². The van der Waals surface area contributed by atoms with Gasteiger partial charge in [-0.25, -0.2) is 4.57 Å². The molecular weight excluding hydrogens is 324 g/mol. The van der Waals surface area contributed by atoms with Gasteiger partial charge in [-0.15, -0.1) is 15.3 Å². The Morgan fingerprint density at radius 1 is 1.24 bits per heavy atom. The first-order valence-corrected chi connectivity index (χ1v) is 8.29. The van der Waals surface area contributed by atoms with Crippen LogP contribution in [-0.4, -0.2) is 40.3 Å². The Morgan fingerprint density at radius 2 is 2.04 bits per heavy atom. The van der Waals surface area contributed by atoms with Crippen molar-refractivity contribution in [3.8, 4) is 11.5 Å². The number of aromatic nitrogens is 6. The summed E-state index contributed by atoms with van der Waals surface area (Å²) in [6.45, 7) is 0. The van der Waals surface area contributed by atoms with E-state index in [-0.39, 0.29) is 5.95 Å². The molecule has 0 radical (unpaired) electrons. The highest BCUT2D eigenvalue weighted by atomic mass is 16.6. The summed E-state index contributed by atoms with van der Waals surface area (Å²) in [6.07, 6.45) is 7.45. The van der Waals surface area contributed by atoms with Crippen molar-refractivity contribution in [1.82, 2.24) is 29.4 Å². The minimum absolute atomic E-state index is 0.247. The van der Waals surface area contributed by atoms with Crippen LogP contribution >= 0.6 is 0 Å². The van der Waals surface area contributed by atoms with Gasteiger partial charge >= 0.3 is 5.95 Å². The van der Waals surface area contributed by atoms with Crippen LogP contribution < -0.4 is 5.32 Å². The maximum atomic E-state index is 11.0. The zero-order valence-corrected chi connectivity index (χ0v) is 13.8. The van der Waals surface area contributed by atoms with Crippen LogP contribution in [0.15, 0.2) is 18.3 Å². The van der Waals surface area contributed by atoms with Gasteiger partial charge in [0.05, 0.1) is 7.05 Å². The third-order valence-corrected chi connectivity index (χ3v) is 4.58. The predicted molar refractivity (Wildman–Crippen MR) is 90.1 cm³/mol. The van der Waals surface area contributed by atoms with Crippen LogP contribution in [0.4, 0.5) is 11.8 Å². The summed E-state index contributed by atoms with van der Waals surface area (Å²) in [5.41, 5.74) is 1.06. The van der Waals surface area contributed by atoms with E-state index in [0.717, 1.165) is 18.7 Å². The molecule has 130 valence electrons. The third kappa shape index (κ3) is 2.79. The van der Waals surface area contributed by atoms with Gasteiger partial charge in [-0.3, -0.25) is 0 Å². The second-order valence-corrected chi connectivity index (χ2v) is 6.25. The van der Waals surface area contributed by atoms with Gasteiger partial charge in [0.15, 0.2) is 11.3 Å². The molecule has 10 heteroatoms. The molecule has 1 N–H and O–H groups in total. The number of hydrogen-bond acceptors (Lipinski definition) is 7. The fourth-order valence-electron chi connectivity index (χ4n) is 3.26. The van der Waals surface area contributed by atoms with E-state index in [9.17, 15) is 10.1 Å². The zero-order valence-electron chi connectivity index (χ0n) is 13.8. The summed E-state index contributed by atoms with van der Waals surface area (Å²) in [6, 6.07) is 4.14. The molecule has 0 aliphatic heterocycles. The van der Waals surface area contributed by atoms with Crippen LogP contribution in [0.1, 0.15) is 32.1 Å². The van der Waals surface area contributed by atoms with Crippen molar-refractivity contribution in [2.75, 3.05) is 5.32 Å². The normalized spacial score (nSPS) is 15.6. The quantitative estimate of drug-likeness (QED) is 0.570. The molecule has 10 nitrogen and oxygen atoms in total. The number of nitrogens with zero attached hydrogens (tertiary/aromatic N) is 7. The minimum atomic E-state index is -0.532. The number of anilines is 1. The van der Waals surface area contributed by atoms with Crippen LogP contribution in [-0.2, 0) is 7.05 Å². The highest BCUT2D eigenvalue weighted by molar-refractivity contribution is 5.57. The Kier molecular flexibility index (Phi) is 3.79. The molecule has 4 rings (SSSR count). The van der Waals surface area contributed by atoms with Crippen LogP contribution in [0.3, 0.4) is 0 Å². The summed E-state index contributed by atoms with van der Waals surface area (Å²) in [5, 5.41) is 27.2. The fraction of sp³-hybridized carbons (Fsp3) is 0.467. The van der Waals surface area contributed by atoms with Crippen molar-refractivity contribution in [2.45, 2.75) is 38.1 Å². The minimum Gasteiger partial charge on any atom is -0.390 e. The van der Waals surface area contributed by atoms with E-state index in [1.54, 1.807) is 11.6 Å². The summed E-state index contributed by atoms with van der Waals surface area (Å²) in [7, 11) is 1.58. The van der Waals surface area contributed by atoms with Gasteiger partial charge in [-0.05, 0) is 29.9 Å². The lowest BCUT2D eigenvalue weighted by molar-refractivity contribution is -0.396. The highest BCUT2D eigenvalue weighted by Gasteiger charge is 2.23. The Labute approximate surface area is 143 Å². The molecule has 3 aromatic rings. The van der Waals surface area contributed by atoms with Crippen molar-refractivity contribution in [3.63, 3.8) is 0 Å². The molecule has 0 saturated heterocycles. The fourth-order valence-corrected chi connectivity index (χ4v) is 3.26. The molecule has 0 spiro atoms. The first-order chi connectivity index (χ1) is 12.1. The molecule has 0 bridgehead atoms. The lowest BCUT2D eigenvalue weighted by Crippen LogP contribution is -2.23. The van der Waals surface area contributed by atoms with Gasteiger partial charge in [-0.1, -0.05) is 24.2 Å². The van der Waals surface area contributed by atoms with E-state index in [1.165, 1.54) is 30.0 Å². The van der Waals surface area contributed by atoms with E-state index < -0.39 is 4.92 Å². The van der Waals surface area contributed by atoms with E-state index >= 15 is 0 Å². The van der Waals surface area contributed by atoms with Crippen LogP contribution in [0.5, 0.6) is 0 Å². The van der Waals surface area contributed by atoms with E-state index in [0.29, 0.717) is 23.2 Å². The maximum Gasteiger partial charge on any atom is 0.434 e. The molecule has 0 atom stereocenters. The Balaban J connectivity index is 1.70. The highest BCUT2D eigenvalue weighted by Crippen LogP contribution is 2.23. The van der Waals surface area contributed by atoms with Crippen LogP contribution in [0, 0.1) is 10.1 Å². The second kappa shape index (κ2) is 6.11. The zero-order chi connectivity index (χ0) is 17.4. The molecular formula is C15H18N8O2. The molecule has 3 heterocycles. The van der Waals surface area contributed by atoms with Gasteiger partial charge < -0.3 is 15.4 Å². The van der Waals surface area contributed by atoms with Crippen molar-refractivity contribution in [1.29, 1.82) is 0 Å². The predicted octanol–water partition coefficient (Wildman–Crippen LogP) is 2.18. The van der Waals surface area contributed by atoms with Crippen molar-refractivity contribution < 1.29 is 4.92 Å². The van der Waals surface area contributed by atoms with Crippen molar-refractivity contribution in [2.24, 2.45) is 7.05 Å². The average Bonchev–Trinajstić information content (AvgIpc) is 3.18. The monoisotopic (exact) mass is 342 g/mol. The molecule has 0 amide bonds. The van der Waals surface area contributed by atoms with Crippen LogP contribution in [0.25, 0.3) is 17.2 Å². The molecule has 3 aromatic heterocycles. The second-order valence-electron chi connectivity index (χ2n) is 6.25. The third-order valence-electron chi connectivity index (χ3n) is 4.58. The SMILES string of the molecule is Cn1c(-c2nnc3ccc(NC4CCCCC4)nn23)cnc1[N+](=O)[O-]. The molecule has 0 unspecified atom stereocenters. The standard InChI is InChI=1S/C15H18N8O2/c1-21-11(9-16-15(21)23(24)25)14-19-18-13-8-7-12(20-22(13)14)17-10-5-3-2-4-6-10/h7-10H,2-6H2,1H3,(H,17,20). The molecule has 1 aliphatic carbocycles. The Morgan fingerprint density at radius 3 is 2.76 bits per heavy atom. The number of nitro groups is 1. The Hall–Kier alpha value is -3.04. The van der Waals surface area contributed by atoms with E-state index in [2.05, 4.69) is 25.6 Å². The maximum absolute atomic E-state index is 11.0. The smallest absolute Gasteiger partial charge is 0.390 e. The Bertz CT molecular complexity index is 925. The number of nitrogens with one attached hydrogen (secondary N) is 1. The largest absolute Gasteiger partial charge is 0.434 e. The lowest BCUT2D eigenvalue weighted by Gasteiger charge is -2.23. The summed E-state index contributed by atoms with van der Waals surface area (Å²) in [4.78, 5) is 14.3. The van der Waals surface area contributed by atoms with Gasteiger partial charge in [-0.2, -0.15) is 4.52 Å². The van der Waals surface area contributed by atoms with E-state index in [4.69, 9.17) is 0 Å². The first kappa shape index (κ1) is 15.5. The summed E-state index contributed by atoms with van der Waals surface area (Å²) in [5.74, 6) is 0.922. The first-order valence-electron chi connectivity index (χ1n) is 8.29. The summed E-state index contributed by atoms with van der Waals surface area (Å²) >= 11 is 0. The number of rotatable bonds is 4. The number of hydrogen-bond donors (Lipinski definition) is 1. The molecule has 1 aliphatic rings. The lowest BCUT2D eigenvalue weighted by atomic mass is 9.95. The topological polar surface area (TPSA) is 116 Å². The summed E-state index contributed by atoms with van der Waals surface area (Å²) < 4.78 is 2.96. The molecule has 1 saturated carbocycles. The molecule has 0 aromatic carbocycles. The van der Waals surface area contributed by atoms with Crippen LogP contribution in [0.2, 0.25) is 0 Å². The molecule has 1 fully saturated rings. The number of fused-ring (bicyclic) bond motifs is 1. The molecule has 25 heavy (non-hydrogen) atoms. The van der Waals surface area contributed by atoms with Gasteiger partial charge in [0, 0.05) is 6.04 Å². The van der Waals surface area contributed by atoms with Gasteiger partial charge in [0.25, 0.3) is 0 Å².